The van der Waals surface area contributed by atoms with Crippen molar-refractivity contribution in [2.45, 2.75) is 12.1 Å². The van der Waals surface area contributed by atoms with Crippen molar-refractivity contribution in [1.29, 1.82) is 0 Å². The summed E-state index contributed by atoms with van der Waals surface area (Å²) >= 11 is 0. The molecule has 2 aromatic rings. The number of hydrogen-bond donors (Lipinski definition) is 1. The molecule has 5 nitrogen and oxygen atoms in total. The summed E-state index contributed by atoms with van der Waals surface area (Å²) in [6.07, 6.45) is -0.922. The van der Waals surface area contributed by atoms with Gasteiger partial charge in [-0.3, -0.25) is 9.59 Å². The second-order valence-corrected chi connectivity index (χ2v) is 5.59. The fraction of sp³-hybridized carbons (Fsp3) is 0.222. The second kappa shape index (κ2) is 6.80. The molecule has 1 heterocycles. The molecule has 0 unspecified atom stereocenters. The van der Waals surface area contributed by atoms with Gasteiger partial charge in [-0.25, -0.2) is 4.39 Å². The summed E-state index contributed by atoms with van der Waals surface area (Å²) in [6.45, 7) is -0.185. The zero-order valence-electron chi connectivity index (χ0n) is 13.1. The van der Waals surface area contributed by atoms with E-state index in [1.807, 2.05) is 6.07 Å². The van der Waals surface area contributed by atoms with E-state index in [1.54, 1.807) is 43.4 Å². The SMILES string of the molecule is CN1C(=O)CO[C@H](C(=O)Nc2ccccc2)[C@@H]1c1cccc(F)c1. The van der Waals surface area contributed by atoms with E-state index in [4.69, 9.17) is 4.74 Å². The Kier molecular flexibility index (Phi) is 4.57. The third-order valence-corrected chi connectivity index (χ3v) is 3.97. The van der Waals surface area contributed by atoms with E-state index in [2.05, 4.69) is 5.32 Å². The van der Waals surface area contributed by atoms with Gasteiger partial charge in [0, 0.05) is 12.7 Å². The van der Waals surface area contributed by atoms with E-state index in [0.29, 0.717) is 11.3 Å². The van der Waals surface area contributed by atoms with Gasteiger partial charge >= 0.3 is 0 Å². The highest BCUT2D eigenvalue weighted by Gasteiger charge is 2.40. The average Bonchev–Trinajstić information content (AvgIpc) is 2.58. The van der Waals surface area contributed by atoms with Gasteiger partial charge in [0.15, 0.2) is 6.10 Å². The van der Waals surface area contributed by atoms with E-state index in [9.17, 15) is 14.0 Å². The molecular formula is C18H17FN2O3. The Labute approximate surface area is 139 Å². The van der Waals surface area contributed by atoms with Gasteiger partial charge in [-0.2, -0.15) is 0 Å². The Bertz CT molecular complexity index is 751. The number of nitrogens with one attached hydrogen (secondary N) is 1. The van der Waals surface area contributed by atoms with Crippen molar-refractivity contribution < 1.29 is 18.7 Å². The highest BCUT2D eigenvalue weighted by Crippen LogP contribution is 2.30. The van der Waals surface area contributed by atoms with Gasteiger partial charge < -0.3 is 15.0 Å². The van der Waals surface area contributed by atoms with Gasteiger partial charge in [-0.1, -0.05) is 30.3 Å². The summed E-state index contributed by atoms with van der Waals surface area (Å²) < 4.78 is 19.1. The van der Waals surface area contributed by atoms with E-state index < -0.39 is 18.0 Å². The monoisotopic (exact) mass is 328 g/mol. The highest BCUT2D eigenvalue weighted by atomic mass is 19.1. The molecule has 0 aromatic heterocycles. The summed E-state index contributed by atoms with van der Waals surface area (Å²) in [5, 5.41) is 2.77. The molecule has 2 aromatic carbocycles. The first kappa shape index (κ1) is 16.1. The fourth-order valence-electron chi connectivity index (χ4n) is 2.76. The van der Waals surface area contributed by atoms with E-state index in [-0.39, 0.29) is 18.4 Å². The van der Waals surface area contributed by atoms with Crippen LogP contribution in [0.5, 0.6) is 0 Å². The van der Waals surface area contributed by atoms with Crippen molar-refractivity contribution in [2.24, 2.45) is 0 Å². The third kappa shape index (κ3) is 3.28. The minimum absolute atomic E-state index is 0.185. The van der Waals surface area contributed by atoms with E-state index in [1.165, 1.54) is 17.0 Å². The van der Waals surface area contributed by atoms with Crippen molar-refractivity contribution in [3.8, 4) is 0 Å². The summed E-state index contributed by atoms with van der Waals surface area (Å²) in [5.41, 5.74) is 1.14. The Morgan fingerprint density at radius 1 is 1.21 bits per heavy atom. The van der Waals surface area contributed by atoms with Crippen LogP contribution in [0, 0.1) is 5.82 Å². The first-order valence-corrected chi connectivity index (χ1v) is 7.55. The summed E-state index contributed by atoms with van der Waals surface area (Å²) in [6, 6.07) is 14.1. The average molecular weight is 328 g/mol. The van der Waals surface area contributed by atoms with Crippen LogP contribution < -0.4 is 5.32 Å². The molecule has 0 aliphatic carbocycles. The predicted molar refractivity (Wildman–Crippen MR) is 86.7 cm³/mol. The number of benzene rings is 2. The number of anilines is 1. The molecular weight excluding hydrogens is 311 g/mol. The largest absolute Gasteiger partial charge is 0.356 e. The van der Waals surface area contributed by atoms with Crippen LogP contribution in [0.1, 0.15) is 11.6 Å². The molecule has 24 heavy (non-hydrogen) atoms. The standard InChI is InChI=1S/C18H17FN2O3/c1-21-15(22)11-24-17(16(21)12-6-5-7-13(19)10-12)18(23)20-14-8-3-2-4-9-14/h2-10,16-17H,11H2,1H3,(H,20,23)/t16-,17-/m0/s1. The van der Waals surface area contributed by atoms with E-state index >= 15 is 0 Å². The molecule has 1 fully saturated rings. The van der Waals surface area contributed by atoms with Crippen LogP contribution in [-0.4, -0.2) is 36.5 Å². The minimum atomic E-state index is -0.922. The molecule has 2 amide bonds. The number of rotatable bonds is 3. The number of halogens is 1. The van der Waals surface area contributed by atoms with Crippen LogP contribution in [0.3, 0.4) is 0 Å². The molecule has 124 valence electrons. The lowest BCUT2D eigenvalue weighted by Gasteiger charge is -2.38. The molecule has 1 N–H and O–H groups in total. The maximum atomic E-state index is 13.6. The van der Waals surface area contributed by atoms with Crippen molar-refractivity contribution >= 4 is 17.5 Å². The number of nitrogens with zero attached hydrogens (tertiary/aromatic N) is 1. The van der Waals surface area contributed by atoms with Crippen LogP contribution in [0.4, 0.5) is 10.1 Å². The molecule has 0 radical (unpaired) electrons. The van der Waals surface area contributed by atoms with Gasteiger partial charge in [-0.15, -0.1) is 0 Å². The summed E-state index contributed by atoms with van der Waals surface area (Å²) in [5.74, 6) is -1.07. The van der Waals surface area contributed by atoms with Crippen molar-refractivity contribution in [1.82, 2.24) is 4.90 Å². The number of para-hydroxylation sites is 1. The lowest BCUT2D eigenvalue weighted by molar-refractivity contribution is -0.160. The molecule has 0 spiro atoms. The molecule has 0 bridgehead atoms. The Morgan fingerprint density at radius 3 is 2.67 bits per heavy atom. The van der Waals surface area contributed by atoms with E-state index in [0.717, 1.165) is 0 Å². The van der Waals surface area contributed by atoms with Crippen LogP contribution >= 0.6 is 0 Å². The molecule has 1 aliphatic heterocycles. The number of carbonyl (C=O) groups is 2. The number of hydrogen-bond acceptors (Lipinski definition) is 3. The lowest BCUT2D eigenvalue weighted by atomic mass is 9.97. The van der Waals surface area contributed by atoms with Gasteiger partial charge in [0.05, 0.1) is 6.04 Å². The van der Waals surface area contributed by atoms with Crippen LogP contribution in [0.25, 0.3) is 0 Å². The van der Waals surface area contributed by atoms with Crippen molar-refractivity contribution in [3.05, 3.63) is 66.0 Å². The Balaban J connectivity index is 1.89. The maximum absolute atomic E-state index is 13.6. The number of ether oxygens (including phenoxy) is 1. The third-order valence-electron chi connectivity index (χ3n) is 3.97. The molecule has 3 rings (SSSR count). The van der Waals surface area contributed by atoms with Crippen molar-refractivity contribution in [2.75, 3.05) is 19.0 Å². The minimum Gasteiger partial charge on any atom is -0.356 e. The fourth-order valence-corrected chi connectivity index (χ4v) is 2.76. The molecule has 6 heteroatoms. The molecule has 1 aliphatic rings. The van der Waals surface area contributed by atoms with Gasteiger partial charge in [-0.05, 0) is 29.8 Å². The first-order chi connectivity index (χ1) is 11.6. The highest BCUT2D eigenvalue weighted by molar-refractivity contribution is 5.96. The van der Waals surface area contributed by atoms with Crippen LogP contribution in [0.15, 0.2) is 54.6 Å². The van der Waals surface area contributed by atoms with Crippen molar-refractivity contribution in [3.63, 3.8) is 0 Å². The first-order valence-electron chi connectivity index (χ1n) is 7.55. The van der Waals surface area contributed by atoms with Crippen LogP contribution in [0.2, 0.25) is 0 Å². The Morgan fingerprint density at radius 2 is 1.96 bits per heavy atom. The molecule has 0 saturated carbocycles. The zero-order valence-corrected chi connectivity index (χ0v) is 13.1. The molecule has 2 atom stereocenters. The van der Waals surface area contributed by atoms with Gasteiger partial charge in [0.2, 0.25) is 5.91 Å². The topological polar surface area (TPSA) is 58.6 Å². The second-order valence-electron chi connectivity index (χ2n) is 5.59. The summed E-state index contributed by atoms with van der Waals surface area (Å²) in [7, 11) is 1.59. The zero-order chi connectivity index (χ0) is 17.1. The van der Waals surface area contributed by atoms with Gasteiger partial charge in [0.1, 0.15) is 12.4 Å². The number of morpholine rings is 1. The predicted octanol–water partition coefficient (Wildman–Crippen LogP) is 2.36. The molecule has 1 saturated heterocycles. The smallest absolute Gasteiger partial charge is 0.256 e. The van der Waals surface area contributed by atoms with Crippen LogP contribution in [-0.2, 0) is 14.3 Å². The number of likely N-dealkylation sites (N-methyl/N-ethyl adjacent to an activating group) is 1. The number of carbonyl (C=O) groups excluding carboxylic acids is 2. The normalized spacial score (nSPS) is 20.8. The quantitative estimate of drug-likeness (QED) is 0.941. The summed E-state index contributed by atoms with van der Waals surface area (Å²) in [4.78, 5) is 26.0. The Hall–Kier alpha value is -2.73. The number of amides is 2. The maximum Gasteiger partial charge on any atom is 0.256 e. The van der Waals surface area contributed by atoms with Gasteiger partial charge in [0.25, 0.3) is 5.91 Å². The lowest BCUT2D eigenvalue weighted by Crippen LogP contribution is -2.51.